The van der Waals surface area contributed by atoms with Gasteiger partial charge >= 0.3 is 0 Å². The van der Waals surface area contributed by atoms with Gasteiger partial charge in [0.2, 0.25) is 20.0 Å². The van der Waals surface area contributed by atoms with Crippen LogP contribution >= 0.6 is 0 Å². The number of piperazine rings is 1. The Morgan fingerprint density at radius 2 is 1.20 bits per heavy atom. The van der Waals surface area contributed by atoms with E-state index in [1.54, 1.807) is 30.3 Å². The molecule has 2 heterocycles. The standard InChI is InChI=1S/C25H26N2O6S2/c1-19-4-2-3-5-23(19)20-6-8-21(9-7-20)34(28,29)26-12-14-27(15-13-26)35(30,31)22-10-11-24-25(18-22)33-17-16-32-24/h2-11,18H,12-17H2,1H3. The second-order valence-corrected chi connectivity index (χ2v) is 12.3. The molecule has 35 heavy (non-hydrogen) atoms. The Labute approximate surface area is 205 Å². The molecule has 1 saturated heterocycles. The summed E-state index contributed by atoms with van der Waals surface area (Å²) >= 11 is 0. The van der Waals surface area contributed by atoms with E-state index in [1.807, 2.05) is 31.2 Å². The number of fused-ring (bicyclic) bond motifs is 1. The molecule has 0 N–H and O–H groups in total. The summed E-state index contributed by atoms with van der Waals surface area (Å²) in [5.41, 5.74) is 3.10. The van der Waals surface area contributed by atoms with Crippen LogP contribution in [0.25, 0.3) is 11.1 Å². The van der Waals surface area contributed by atoms with Crippen molar-refractivity contribution in [2.45, 2.75) is 16.7 Å². The fourth-order valence-electron chi connectivity index (χ4n) is 4.34. The Morgan fingerprint density at radius 3 is 1.83 bits per heavy atom. The van der Waals surface area contributed by atoms with Gasteiger partial charge in [-0.25, -0.2) is 16.8 Å². The van der Waals surface area contributed by atoms with Crippen molar-refractivity contribution < 1.29 is 26.3 Å². The normalized spacial score (nSPS) is 17.3. The van der Waals surface area contributed by atoms with Crippen molar-refractivity contribution in [2.24, 2.45) is 0 Å². The van der Waals surface area contributed by atoms with Crippen LogP contribution in [-0.4, -0.2) is 64.8 Å². The van der Waals surface area contributed by atoms with Gasteiger partial charge in [-0.15, -0.1) is 0 Å². The van der Waals surface area contributed by atoms with Crippen LogP contribution in [0.4, 0.5) is 0 Å². The van der Waals surface area contributed by atoms with Crippen molar-refractivity contribution in [1.82, 2.24) is 8.61 Å². The van der Waals surface area contributed by atoms with Crippen molar-refractivity contribution in [2.75, 3.05) is 39.4 Å². The van der Waals surface area contributed by atoms with Crippen LogP contribution in [-0.2, 0) is 20.0 Å². The van der Waals surface area contributed by atoms with Gasteiger partial charge in [-0.2, -0.15) is 8.61 Å². The molecule has 5 rings (SSSR count). The van der Waals surface area contributed by atoms with E-state index in [0.717, 1.165) is 16.7 Å². The first kappa shape index (κ1) is 23.8. The van der Waals surface area contributed by atoms with Gasteiger partial charge in [-0.3, -0.25) is 0 Å². The third-order valence-corrected chi connectivity index (χ3v) is 10.1. The lowest BCUT2D eigenvalue weighted by Gasteiger charge is -2.33. The molecule has 0 aliphatic carbocycles. The average Bonchev–Trinajstić information content (AvgIpc) is 2.89. The van der Waals surface area contributed by atoms with E-state index >= 15 is 0 Å². The maximum atomic E-state index is 13.2. The van der Waals surface area contributed by atoms with Gasteiger partial charge in [0, 0.05) is 32.2 Å². The summed E-state index contributed by atoms with van der Waals surface area (Å²) in [5, 5.41) is 0. The highest BCUT2D eigenvalue weighted by molar-refractivity contribution is 7.89. The maximum absolute atomic E-state index is 13.2. The van der Waals surface area contributed by atoms with Crippen LogP contribution in [0.15, 0.2) is 76.5 Å². The molecule has 0 atom stereocenters. The number of aryl methyl sites for hydroxylation is 1. The molecular weight excluding hydrogens is 488 g/mol. The third kappa shape index (κ3) is 4.54. The molecule has 8 nitrogen and oxygen atoms in total. The molecule has 10 heteroatoms. The summed E-state index contributed by atoms with van der Waals surface area (Å²) in [6.07, 6.45) is 0. The predicted molar refractivity (Wildman–Crippen MR) is 132 cm³/mol. The highest BCUT2D eigenvalue weighted by Crippen LogP contribution is 2.33. The Balaban J connectivity index is 1.29. The molecule has 3 aromatic carbocycles. The fourth-order valence-corrected chi connectivity index (χ4v) is 7.20. The lowest BCUT2D eigenvalue weighted by molar-refractivity contribution is 0.171. The molecule has 0 aromatic heterocycles. The quantitative estimate of drug-likeness (QED) is 0.520. The molecule has 184 valence electrons. The second-order valence-electron chi connectivity index (χ2n) is 8.45. The van der Waals surface area contributed by atoms with E-state index in [-0.39, 0.29) is 36.0 Å². The van der Waals surface area contributed by atoms with Crippen LogP contribution in [0.5, 0.6) is 11.5 Å². The van der Waals surface area contributed by atoms with E-state index in [0.29, 0.717) is 24.7 Å². The van der Waals surface area contributed by atoms with Crippen molar-refractivity contribution in [3.8, 4) is 22.6 Å². The van der Waals surface area contributed by atoms with Crippen LogP contribution in [0.2, 0.25) is 0 Å². The summed E-state index contributed by atoms with van der Waals surface area (Å²) in [7, 11) is -7.53. The highest BCUT2D eigenvalue weighted by atomic mass is 32.2. The van der Waals surface area contributed by atoms with E-state index in [2.05, 4.69) is 0 Å². The number of nitrogens with zero attached hydrogens (tertiary/aromatic N) is 2. The molecule has 0 unspecified atom stereocenters. The highest BCUT2D eigenvalue weighted by Gasteiger charge is 2.34. The zero-order chi connectivity index (χ0) is 24.6. The first-order chi connectivity index (χ1) is 16.8. The van der Waals surface area contributed by atoms with Crippen LogP contribution < -0.4 is 9.47 Å². The third-order valence-electron chi connectivity index (χ3n) is 6.30. The molecule has 2 aliphatic heterocycles. The second kappa shape index (κ2) is 9.27. The minimum atomic E-state index is -3.79. The number of hydrogen-bond acceptors (Lipinski definition) is 6. The van der Waals surface area contributed by atoms with E-state index in [9.17, 15) is 16.8 Å². The van der Waals surface area contributed by atoms with Crippen molar-refractivity contribution in [1.29, 1.82) is 0 Å². The van der Waals surface area contributed by atoms with Gasteiger partial charge in [0.15, 0.2) is 11.5 Å². The van der Waals surface area contributed by atoms with Crippen molar-refractivity contribution in [3.05, 3.63) is 72.3 Å². The molecule has 0 spiro atoms. The molecule has 0 saturated carbocycles. The van der Waals surface area contributed by atoms with E-state index in [1.165, 1.54) is 20.7 Å². The molecule has 1 fully saturated rings. The summed E-state index contributed by atoms with van der Waals surface area (Å²) in [6, 6.07) is 19.3. The lowest BCUT2D eigenvalue weighted by Crippen LogP contribution is -2.50. The Morgan fingerprint density at radius 1 is 0.657 bits per heavy atom. The molecule has 0 amide bonds. The minimum Gasteiger partial charge on any atom is -0.486 e. The SMILES string of the molecule is Cc1ccccc1-c1ccc(S(=O)(=O)N2CCN(S(=O)(=O)c3ccc4c(c3)OCCO4)CC2)cc1. The Kier molecular flexibility index (Phi) is 6.30. The zero-order valence-electron chi connectivity index (χ0n) is 19.3. The van der Waals surface area contributed by atoms with E-state index < -0.39 is 20.0 Å². The minimum absolute atomic E-state index is 0.0668. The zero-order valence-corrected chi connectivity index (χ0v) is 20.9. The molecule has 3 aromatic rings. The fraction of sp³-hybridized carbons (Fsp3) is 0.280. The van der Waals surface area contributed by atoms with E-state index in [4.69, 9.17) is 9.47 Å². The number of sulfonamides is 2. The van der Waals surface area contributed by atoms with Crippen LogP contribution in [0.1, 0.15) is 5.56 Å². The maximum Gasteiger partial charge on any atom is 0.243 e. The number of rotatable bonds is 5. The summed E-state index contributed by atoms with van der Waals surface area (Å²) in [6.45, 7) is 3.08. The lowest BCUT2D eigenvalue weighted by atomic mass is 10.0. The van der Waals surface area contributed by atoms with Gasteiger partial charge in [0.05, 0.1) is 9.79 Å². The summed E-state index contributed by atoms with van der Waals surface area (Å²) < 4.78 is 66.4. The first-order valence-corrected chi connectivity index (χ1v) is 14.2. The molecule has 2 aliphatic rings. The molecule has 0 radical (unpaired) electrons. The largest absolute Gasteiger partial charge is 0.486 e. The monoisotopic (exact) mass is 514 g/mol. The van der Waals surface area contributed by atoms with Gasteiger partial charge in [0.1, 0.15) is 13.2 Å². The summed E-state index contributed by atoms with van der Waals surface area (Å²) in [4.78, 5) is 0.294. The van der Waals surface area contributed by atoms with Gasteiger partial charge in [-0.05, 0) is 47.9 Å². The van der Waals surface area contributed by atoms with Crippen LogP contribution in [0, 0.1) is 6.92 Å². The number of hydrogen-bond donors (Lipinski definition) is 0. The predicted octanol–water partition coefficient (Wildman–Crippen LogP) is 3.13. The Bertz CT molecular complexity index is 1450. The molecular formula is C25H26N2O6S2. The number of ether oxygens (including phenoxy) is 2. The van der Waals surface area contributed by atoms with Crippen molar-refractivity contribution in [3.63, 3.8) is 0 Å². The van der Waals surface area contributed by atoms with Crippen LogP contribution in [0.3, 0.4) is 0 Å². The summed E-state index contributed by atoms with van der Waals surface area (Å²) in [5.74, 6) is 0.909. The Hall–Kier alpha value is -2.92. The van der Waals surface area contributed by atoms with Gasteiger partial charge in [0.25, 0.3) is 0 Å². The number of benzene rings is 3. The van der Waals surface area contributed by atoms with Gasteiger partial charge < -0.3 is 9.47 Å². The first-order valence-electron chi connectivity index (χ1n) is 11.3. The topological polar surface area (TPSA) is 93.2 Å². The molecule has 0 bridgehead atoms. The smallest absolute Gasteiger partial charge is 0.243 e. The average molecular weight is 515 g/mol. The van der Waals surface area contributed by atoms with Crippen molar-refractivity contribution >= 4 is 20.0 Å². The van der Waals surface area contributed by atoms with Gasteiger partial charge in [-0.1, -0.05) is 36.4 Å².